The van der Waals surface area contributed by atoms with Crippen molar-refractivity contribution in [3.8, 4) is 0 Å². The third kappa shape index (κ3) is 3.25. The molecule has 0 aliphatic heterocycles. The highest BCUT2D eigenvalue weighted by Crippen LogP contribution is 2.66. The van der Waals surface area contributed by atoms with Gasteiger partial charge in [0.2, 0.25) is 0 Å². The van der Waals surface area contributed by atoms with Crippen LogP contribution in [0.2, 0.25) is 0 Å². The molecule has 2 saturated carbocycles. The van der Waals surface area contributed by atoms with Crippen molar-refractivity contribution in [1.29, 1.82) is 0 Å². The second-order valence-corrected chi connectivity index (χ2v) is 10.1. The molecule has 178 valence electrons. The van der Waals surface area contributed by atoms with Crippen LogP contribution < -0.4 is 0 Å². The van der Waals surface area contributed by atoms with Crippen molar-refractivity contribution < 1.29 is 38.1 Å². The van der Waals surface area contributed by atoms with Gasteiger partial charge in [0.1, 0.15) is 0 Å². The van der Waals surface area contributed by atoms with Crippen LogP contribution in [0, 0.1) is 33.5 Å². The van der Waals surface area contributed by atoms with Gasteiger partial charge < -0.3 is 18.9 Å². The Morgan fingerprint density at radius 1 is 0.750 bits per heavy atom. The van der Waals surface area contributed by atoms with Crippen molar-refractivity contribution in [2.24, 2.45) is 33.5 Å². The number of fused-ring (bicyclic) bond motifs is 3. The zero-order chi connectivity index (χ0) is 23.9. The van der Waals surface area contributed by atoms with E-state index in [1.54, 1.807) is 0 Å². The monoisotopic (exact) mass is 450 g/mol. The molecule has 0 bridgehead atoms. The highest BCUT2D eigenvalue weighted by molar-refractivity contribution is 6.01. The van der Waals surface area contributed by atoms with E-state index in [1.165, 1.54) is 28.4 Å². The number of esters is 4. The summed E-state index contributed by atoms with van der Waals surface area (Å²) in [6, 6.07) is 0. The van der Waals surface area contributed by atoms with E-state index in [9.17, 15) is 19.2 Å². The zero-order valence-corrected chi connectivity index (χ0v) is 19.8. The molecule has 0 aromatic heterocycles. The molecule has 32 heavy (non-hydrogen) atoms. The molecule has 0 heterocycles. The molecule has 8 heteroatoms. The van der Waals surface area contributed by atoms with Gasteiger partial charge in [-0.05, 0) is 61.2 Å². The maximum absolute atomic E-state index is 12.7. The first-order chi connectivity index (χ1) is 15.0. The predicted molar refractivity (Wildman–Crippen MR) is 113 cm³/mol. The van der Waals surface area contributed by atoms with E-state index >= 15 is 0 Å². The van der Waals surface area contributed by atoms with Gasteiger partial charge in [0.25, 0.3) is 0 Å². The van der Waals surface area contributed by atoms with Crippen LogP contribution in [0.15, 0.2) is 12.2 Å². The van der Waals surface area contributed by atoms with Gasteiger partial charge in [-0.1, -0.05) is 26.0 Å². The molecule has 3 aliphatic carbocycles. The Labute approximate surface area is 189 Å². The number of methoxy groups -OCH3 is 4. The molecule has 0 unspecified atom stereocenters. The Bertz CT molecular complexity index is 813. The summed E-state index contributed by atoms with van der Waals surface area (Å²) in [6.45, 7) is 4.25. The van der Waals surface area contributed by atoms with Crippen molar-refractivity contribution in [2.45, 2.75) is 52.4 Å². The lowest BCUT2D eigenvalue weighted by Crippen LogP contribution is -2.59. The smallest absolute Gasteiger partial charge is 0.323 e. The van der Waals surface area contributed by atoms with Crippen molar-refractivity contribution in [1.82, 2.24) is 0 Å². The van der Waals surface area contributed by atoms with Crippen LogP contribution in [0.25, 0.3) is 0 Å². The lowest BCUT2D eigenvalue weighted by Gasteiger charge is -2.60. The molecule has 8 nitrogen and oxygen atoms in total. The summed E-state index contributed by atoms with van der Waals surface area (Å²) in [5.41, 5.74) is -3.31. The van der Waals surface area contributed by atoms with Crippen LogP contribution in [0.5, 0.6) is 0 Å². The Balaban J connectivity index is 2.00. The minimum atomic E-state index is -1.33. The number of hydrogen-bond donors (Lipinski definition) is 0. The first-order valence-corrected chi connectivity index (χ1v) is 11.0. The van der Waals surface area contributed by atoms with Crippen molar-refractivity contribution in [3.63, 3.8) is 0 Å². The summed E-state index contributed by atoms with van der Waals surface area (Å²) in [5.74, 6) is -2.15. The van der Waals surface area contributed by atoms with Crippen molar-refractivity contribution in [3.05, 3.63) is 12.2 Å². The van der Waals surface area contributed by atoms with Gasteiger partial charge in [0.05, 0.1) is 28.4 Å². The molecule has 0 amide bonds. The second kappa shape index (κ2) is 8.19. The van der Waals surface area contributed by atoms with Gasteiger partial charge in [-0.15, -0.1) is 0 Å². The third-order valence-electron chi connectivity index (χ3n) is 8.65. The molecular formula is C24H34O8. The Morgan fingerprint density at radius 2 is 1.25 bits per heavy atom. The van der Waals surface area contributed by atoms with Crippen LogP contribution in [0.3, 0.4) is 0 Å². The van der Waals surface area contributed by atoms with Crippen molar-refractivity contribution in [2.75, 3.05) is 28.4 Å². The fourth-order valence-corrected chi connectivity index (χ4v) is 6.94. The Kier molecular flexibility index (Phi) is 6.21. The maximum Gasteiger partial charge on any atom is 0.323 e. The standard InChI is InChI=1S/C24H34O8/c1-21-9-7-15-13-23(17(25)29-3,18(26)30-4)12-11-22(15,2)16(21)8-10-24(14-21,19(27)31-5)20(28)32-6/h7,9,15-16H,8,10-14H2,1-6H3/t15-,16+,21+,22-/m1/s1. The van der Waals surface area contributed by atoms with Crippen LogP contribution in [-0.2, 0) is 38.1 Å². The molecule has 0 aromatic carbocycles. The van der Waals surface area contributed by atoms with Gasteiger partial charge in [-0.2, -0.15) is 0 Å². The van der Waals surface area contributed by atoms with E-state index in [0.717, 1.165) is 0 Å². The van der Waals surface area contributed by atoms with E-state index in [2.05, 4.69) is 19.9 Å². The van der Waals surface area contributed by atoms with Crippen LogP contribution in [0.4, 0.5) is 0 Å². The van der Waals surface area contributed by atoms with Crippen molar-refractivity contribution >= 4 is 23.9 Å². The number of carbonyl (C=O) groups excluding carboxylic acids is 4. The Hall–Kier alpha value is -2.38. The molecule has 0 N–H and O–H groups in total. The lowest BCUT2D eigenvalue weighted by atomic mass is 9.43. The molecule has 0 saturated heterocycles. The minimum absolute atomic E-state index is 0.0451. The zero-order valence-electron chi connectivity index (χ0n) is 19.8. The average molecular weight is 451 g/mol. The maximum atomic E-state index is 12.7. The fraction of sp³-hybridized carbons (Fsp3) is 0.750. The van der Waals surface area contributed by atoms with E-state index in [1.807, 2.05) is 6.08 Å². The average Bonchev–Trinajstić information content (AvgIpc) is 2.80. The van der Waals surface area contributed by atoms with E-state index in [-0.39, 0.29) is 17.3 Å². The second-order valence-electron chi connectivity index (χ2n) is 10.1. The van der Waals surface area contributed by atoms with Crippen LogP contribution in [0.1, 0.15) is 52.4 Å². The summed E-state index contributed by atoms with van der Waals surface area (Å²) in [7, 11) is 5.15. The molecule has 3 aliphatic rings. The lowest BCUT2D eigenvalue weighted by molar-refractivity contribution is -0.187. The summed E-state index contributed by atoms with van der Waals surface area (Å²) in [5, 5.41) is 0. The predicted octanol–water partition coefficient (Wildman–Crippen LogP) is 2.83. The molecular weight excluding hydrogens is 416 g/mol. The largest absolute Gasteiger partial charge is 0.468 e. The van der Waals surface area contributed by atoms with E-state index in [4.69, 9.17) is 18.9 Å². The van der Waals surface area contributed by atoms with Gasteiger partial charge in [0, 0.05) is 0 Å². The van der Waals surface area contributed by atoms with Crippen LogP contribution >= 0.6 is 0 Å². The minimum Gasteiger partial charge on any atom is -0.468 e. The number of allylic oxidation sites excluding steroid dienone is 2. The molecule has 2 fully saturated rings. The third-order valence-corrected chi connectivity index (χ3v) is 8.65. The van der Waals surface area contributed by atoms with E-state index < -0.39 is 40.1 Å². The Morgan fingerprint density at radius 3 is 1.75 bits per heavy atom. The van der Waals surface area contributed by atoms with Crippen LogP contribution in [-0.4, -0.2) is 52.3 Å². The van der Waals surface area contributed by atoms with Gasteiger partial charge in [-0.3, -0.25) is 19.2 Å². The first-order valence-electron chi connectivity index (χ1n) is 11.0. The van der Waals surface area contributed by atoms with Gasteiger partial charge >= 0.3 is 23.9 Å². The summed E-state index contributed by atoms with van der Waals surface area (Å²) >= 11 is 0. The molecule has 0 aromatic rings. The summed E-state index contributed by atoms with van der Waals surface area (Å²) in [4.78, 5) is 50.8. The number of carbonyl (C=O) groups is 4. The SMILES string of the molecule is COC(=O)C1(C(=O)OC)CC[C@]2(C)[C@H](C=C[C@@]3(C)CC(C(=O)OC)(C(=O)OC)CC[C@H]23)C1. The van der Waals surface area contributed by atoms with Gasteiger partial charge in [0.15, 0.2) is 10.8 Å². The number of rotatable bonds is 4. The molecule has 3 rings (SSSR count). The highest BCUT2D eigenvalue weighted by atomic mass is 16.6. The first kappa shape index (κ1) is 24.3. The molecule has 0 spiro atoms. The fourth-order valence-electron chi connectivity index (χ4n) is 6.94. The highest BCUT2D eigenvalue weighted by Gasteiger charge is 2.65. The van der Waals surface area contributed by atoms with E-state index in [0.29, 0.717) is 38.5 Å². The number of hydrogen-bond acceptors (Lipinski definition) is 8. The quantitative estimate of drug-likeness (QED) is 0.279. The number of ether oxygens (including phenoxy) is 4. The molecule has 0 radical (unpaired) electrons. The summed E-state index contributed by atoms with van der Waals surface area (Å²) < 4.78 is 20.0. The summed E-state index contributed by atoms with van der Waals surface area (Å²) in [6.07, 6.45) is 6.61. The molecule has 4 atom stereocenters. The normalized spacial score (nSPS) is 34.3. The van der Waals surface area contributed by atoms with Gasteiger partial charge in [-0.25, -0.2) is 0 Å². The topological polar surface area (TPSA) is 105 Å².